The van der Waals surface area contributed by atoms with Crippen molar-refractivity contribution in [2.45, 2.75) is 38.5 Å². The van der Waals surface area contributed by atoms with Crippen molar-refractivity contribution >= 4 is 39.9 Å². The molecule has 7 nitrogen and oxygen atoms in total. The zero-order valence-corrected chi connectivity index (χ0v) is 21.3. The number of thiazole rings is 1. The van der Waals surface area contributed by atoms with E-state index in [0.717, 1.165) is 42.4 Å². The molecule has 0 bridgehead atoms. The molecule has 184 valence electrons. The molecule has 1 N–H and O–H groups in total. The highest BCUT2D eigenvalue weighted by Crippen LogP contribution is 2.37. The van der Waals surface area contributed by atoms with Crippen LogP contribution in [0.2, 0.25) is 5.02 Å². The number of nitrogens with zero attached hydrogens (tertiary/aromatic N) is 3. The average Bonchev–Trinajstić information content (AvgIpc) is 3.55. The summed E-state index contributed by atoms with van der Waals surface area (Å²) in [6.07, 6.45) is 6.59. The van der Waals surface area contributed by atoms with Crippen LogP contribution in [0.25, 0.3) is 22.4 Å². The van der Waals surface area contributed by atoms with Crippen molar-refractivity contribution in [1.82, 2.24) is 9.97 Å². The van der Waals surface area contributed by atoms with Crippen LogP contribution >= 0.6 is 22.9 Å². The Morgan fingerprint density at radius 2 is 2.00 bits per heavy atom. The maximum atomic E-state index is 13.3. The lowest BCUT2D eigenvalue weighted by Crippen LogP contribution is -2.35. The lowest BCUT2D eigenvalue weighted by Gasteiger charge is -2.23. The van der Waals surface area contributed by atoms with E-state index in [1.807, 2.05) is 29.6 Å². The number of rotatable bonds is 9. The fourth-order valence-electron chi connectivity index (χ4n) is 4.68. The number of aromatic nitrogens is 2. The van der Waals surface area contributed by atoms with E-state index in [1.54, 1.807) is 26.4 Å². The first-order valence-electron chi connectivity index (χ1n) is 11.6. The predicted molar refractivity (Wildman–Crippen MR) is 138 cm³/mol. The topological polar surface area (TPSA) is 92.6 Å². The summed E-state index contributed by atoms with van der Waals surface area (Å²) >= 11 is 7.66. The van der Waals surface area contributed by atoms with Crippen molar-refractivity contribution in [3.63, 3.8) is 0 Å². The van der Waals surface area contributed by atoms with E-state index in [4.69, 9.17) is 21.3 Å². The number of amides is 1. The number of hydrogen-bond donors (Lipinski definition) is 1. The Morgan fingerprint density at radius 3 is 2.66 bits per heavy atom. The summed E-state index contributed by atoms with van der Waals surface area (Å²) in [5.41, 5.74) is 3.29. The number of anilines is 1. The molecule has 1 atom stereocenters. The largest absolute Gasteiger partial charge is 0.481 e. The van der Waals surface area contributed by atoms with Gasteiger partial charge in [0.15, 0.2) is 5.13 Å². The second-order valence-corrected chi connectivity index (χ2v) is 10.1. The smallest absolute Gasteiger partial charge is 0.304 e. The summed E-state index contributed by atoms with van der Waals surface area (Å²) in [6.45, 7) is 0. The van der Waals surface area contributed by atoms with Crippen LogP contribution in [0.1, 0.15) is 38.5 Å². The first kappa shape index (κ1) is 25.1. The first-order chi connectivity index (χ1) is 16.9. The Morgan fingerprint density at radius 1 is 1.23 bits per heavy atom. The first-order valence-corrected chi connectivity index (χ1v) is 12.9. The molecule has 2 aromatic heterocycles. The number of aliphatic carboxylic acids is 1. The Kier molecular flexibility index (Phi) is 8.03. The molecule has 0 spiro atoms. The van der Waals surface area contributed by atoms with Gasteiger partial charge in [-0.2, -0.15) is 0 Å². The van der Waals surface area contributed by atoms with E-state index < -0.39 is 11.9 Å². The van der Waals surface area contributed by atoms with Gasteiger partial charge < -0.3 is 9.84 Å². The number of halogens is 1. The Balaban J connectivity index is 1.59. The zero-order valence-electron chi connectivity index (χ0n) is 19.7. The molecule has 35 heavy (non-hydrogen) atoms. The zero-order chi connectivity index (χ0) is 24.9. The number of pyridine rings is 1. The Hall–Kier alpha value is -2.97. The van der Waals surface area contributed by atoms with Gasteiger partial charge in [-0.25, -0.2) is 9.97 Å². The van der Waals surface area contributed by atoms with E-state index in [2.05, 4.69) is 4.98 Å². The summed E-state index contributed by atoms with van der Waals surface area (Å²) in [5, 5.41) is 12.4. The van der Waals surface area contributed by atoms with Crippen LogP contribution in [0, 0.1) is 11.8 Å². The monoisotopic (exact) mass is 513 g/mol. The van der Waals surface area contributed by atoms with Crippen molar-refractivity contribution in [2.24, 2.45) is 11.8 Å². The van der Waals surface area contributed by atoms with Crippen LogP contribution in [0.4, 0.5) is 5.13 Å². The number of hydrogen-bond acceptors (Lipinski definition) is 6. The normalized spacial score (nSPS) is 14.6. The molecule has 2 heterocycles. The van der Waals surface area contributed by atoms with Crippen molar-refractivity contribution in [3.05, 3.63) is 46.9 Å². The molecule has 1 saturated carbocycles. The maximum Gasteiger partial charge on any atom is 0.304 e. The second kappa shape index (κ2) is 11.2. The highest BCUT2D eigenvalue weighted by atomic mass is 35.5. The van der Waals surface area contributed by atoms with Gasteiger partial charge in [0.05, 0.1) is 19.2 Å². The minimum Gasteiger partial charge on any atom is -0.481 e. The molecular formula is C26H28ClN3O4S. The number of carbonyl (C=O) groups excluding carboxylic acids is 1. The predicted octanol–water partition coefficient (Wildman–Crippen LogP) is 6.17. The molecule has 9 heteroatoms. The van der Waals surface area contributed by atoms with Crippen LogP contribution in [0.5, 0.6) is 5.88 Å². The van der Waals surface area contributed by atoms with Crippen LogP contribution < -0.4 is 9.64 Å². The molecule has 1 aliphatic rings. The van der Waals surface area contributed by atoms with Gasteiger partial charge in [-0.3, -0.25) is 14.5 Å². The highest BCUT2D eigenvalue weighted by molar-refractivity contribution is 7.14. The van der Waals surface area contributed by atoms with Crippen LogP contribution in [0.15, 0.2) is 41.9 Å². The number of carboxylic acids is 1. The molecule has 0 unspecified atom stereocenters. The van der Waals surface area contributed by atoms with Gasteiger partial charge in [-0.05, 0) is 36.1 Å². The Labute approximate surface area is 213 Å². The average molecular weight is 514 g/mol. The van der Waals surface area contributed by atoms with E-state index in [0.29, 0.717) is 34.1 Å². The Bertz CT molecular complexity index is 1190. The quantitative estimate of drug-likeness (QED) is 0.368. The van der Waals surface area contributed by atoms with E-state index in [1.165, 1.54) is 16.2 Å². The van der Waals surface area contributed by atoms with Crippen LogP contribution in [0.3, 0.4) is 0 Å². The third-order valence-corrected chi connectivity index (χ3v) is 7.64. The molecule has 1 fully saturated rings. The molecule has 0 aliphatic heterocycles. The number of ether oxygens (including phenoxy) is 1. The van der Waals surface area contributed by atoms with E-state index >= 15 is 0 Å². The van der Waals surface area contributed by atoms with Gasteiger partial charge in [-0.15, -0.1) is 11.3 Å². The van der Waals surface area contributed by atoms with Crippen molar-refractivity contribution < 1.29 is 19.4 Å². The SMILES string of the molecule is COc1ccc(-c2ccc(Cl)cc2-c2csc(N(C)C(=O)[C@@H](CC(=O)O)CC3CCCC3)n2)cn1. The minimum absolute atomic E-state index is 0.166. The molecule has 0 saturated heterocycles. The molecule has 3 aromatic rings. The fraction of sp³-hybridized carbons (Fsp3) is 0.385. The van der Waals surface area contributed by atoms with E-state index in [-0.39, 0.29) is 12.3 Å². The van der Waals surface area contributed by atoms with Crippen molar-refractivity contribution in [2.75, 3.05) is 19.1 Å². The third-order valence-electron chi connectivity index (χ3n) is 6.49. The summed E-state index contributed by atoms with van der Waals surface area (Å²) in [7, 11) is 3.24. The highest BCUT2D eigenvalue weighted by Gasteiger charge is 2.30. The molecule has 0 radical (unpaired) electrons. The molecule has 1 aromatic carbocycles. The van der Waals surface area contributed by atoms with Gasteiger partial charge >= 0.3 is 5.97 Å². The lowest BCUT2D eigenvalue weighted by atomic mass is 9.90. The van der Waals surface area contributed by atoms with Crippen molar-refractivity contribution in [3.8, 4) is 28.3 Å². The molecule has 1 amide bonds. The molecular weight excluding hydrogens is 486 g/mol. The minimum atomic E-state index is -0.953. The van der Waals surface area contributed by atoms with Gasteiger partial charge in [0.25, 0.3) is 0 Å². The van der Waals surface area contributed by atoms with Gasteiger partial charge in [-0.1, -0.05) is 43.4 Å². The summed E-state index contributed by atoms with van der Waals surface area (Å²) in [4.78, 5) is 35.3. The fourth-order valence-corrected chi connectivity index (χ4v) is 5.65. The second-order valence-electron chi connectivity index (χ2n) is 8.87. The number of methoxy groups -OCH3 is 1. The van der Waals surface area contributed by atoms with Gasteiger partial charge in [0.1, 0.15) is 0 Å². The van der Waals surface area contributed by atoms with Crippen LogP contribution in [-0.2, 0) is 9.59 Å². The van der Waals surface area contributed by atoms with Gasteiger partial charge in [0, 0.05) is 46.8 Å². The number of carbonyl (C=O) groups is 2. The van der Waals surface area contributed by atoms with E-state index in [9.17, 15) is 14.7 Å². The van der Waals surface area contributed by atoms with Gasteiger partial charge in [0.2, 0.25) is 11.8 Å². The lowest BCUT2D eigenvalue weighted by molar-refractivity contribution is -0.140. The number of benzene rings is 1. The van der Waals surface area contributed by atoms with Crippen LogP contribution in [-0.4, -0.2) is 41.1 Å². The molecule has 4 rings (SSSR count). The summed E-state index contributed by atoms with van der Waals surface area (Å²) < 4.78 is 5.16. The number of carboxylic acid groups (broad SMARTS) is 1. The van der Waals surface area contributed by atoms with Crippen molar-refractivity contribution in [1.29, 1.82) is 0 Å². The maximum absolute atomic E-state index is 13.3. The third kappa shape index (κ3) is 6.00. The standard InChI is InChI=1S/C26H28ClN3O4S/c1-30(25(33)18(12-24(31)32)11-16-5-3-4-6-16)26-29-22(15-35-26)21-13-19(27)8-9-20(21)17-7-10-23(34-2)28-14-17/h7-10,13-16,18H,3-6,11-12H2,1-2H3,(H,31,32)/t18-/m1/s1. The summed E-state index contributed by atoms with van der Waals surface area (Å²) in [5.74, 6) is -0.776. The molecule has 1 aliphatic carbocycles. The summed E-state index contributed by atoms with van der Waals surface area (Å²) in [6, 6.07) is 9.28.